The van der Waals surface area contributed by atoms with Crippen LogP contribution in [0.1, 0.15) is 45.7 Å². The van der Waals surface area contributed by atoms with Crippen LogP contribution in [0.25, 0.3) is 0 Å². The minimum absolute atomic E-state index is 0.330. The molecule has 0 aliphatic heterocycles. The number of benzene rings is 1. The molecule has 0 aromatic heterocycles. The van der Waals surface area contributed by atoms with E-state index < -0.39 is 0 Å². The van der Waals surface area contributed by atoms with Crippen molar-refractivity contribution < 1.29 is 0 Å². The highest BCUT2D eigenvalue weighted by Gasteiger charge is 2.24. The molecule has 1 aromatic carbocycles. The van der Waals surface area contributed by atoms with Gasteiger partial charge in [-0.2, -0.15) is 0 Å². The van der Waals surface area contributed by atoms with Crippen LogP contribution in [0.15, 0.2) is 30.3 Å². The lowest BCUT2D eigenvalue weighted by Crippen LogP contribution is -2.40. The topological polar surface area (TPSA) is 15.3 Å². The van der Waals surface area contributed by atoms with Crippen molar-refractivity contribution in [2.45, 2.75) is 46.2 Å². The third-order valence-electron chi connectivity index (χ3n) is 4.24. The van der Waals surface area contributed by atoms with Crippen LogP contribution in [0, 0.1) is 5.41 Å². The predicted octanol–water partition coefficient (Wildman–Crippen LogP) is 3.70. The molecular weight excluding hydrogens is 232 g/mol. The lowest BCUT2D eigenvalue weighted by Gasteiger charge is -2.36. The first kappa shape index (κ1) is 16.2. The molecule has 19 heavy (non-hydrogen) atoms. The molecule has 1 rings (SSSR count). The van der Waals surface area contributed by atoms with Gasteiger partial charge in [-0.1, -0.05) is 51.1 Å². The zero-order valence-corrected chi connectivity index (χ0v) is 13.4. The van der Waals surface area contributed by atoms with Crippen LogP contribution in [0.4, 0.5) is 0 Å². The van der Waals surface area contributed by atoms with Crippen LogP contribution in [0.5, 0.6) is 0 Å². The average molecular weight is 262 g/mol. The fourth-order valence-corrected chi connectivity index (χ4v) is 2.35. The summed E-state index contributed by atoms with van der Waals surface area (Å²) in [5.74, 6) is 0. The smallest absolute Gasteiger partial charge is 0.0329 e. The third-order valence-corrected chi connectivity index (χ3v) is 4.24. The Balaban J connectivity index is 2.55. The van der Waals surface area contributed by atoms with E-state index in [0.717, 1.165) is 13.0 Å². The highest BCUT2D eigenvalue weighted by molar-refractivity contribution is 5.18. The summed E-state index contributed by atoms with van der Waals surface area (Å²) in [6.07, 6.45) is 1.14. The van der Waals surface area contributed by atoms with Gasteiger partial charge in [0.2, 0.25) is 0 Å². The fraction of sp³-hybridized carbons (Fsp3) is 0.647. The van der Waals surface area contributed by atoms with Crippen LogP contribution in [0.3, 0.4) is 0 Å². The van der Waals surface area contributed by atoms with Gasteiger partial charge < -0.3 is 10.2 Å². The fourth-order valence-electron chi connectivity index (χ4n) is 2.35. The van der Waals surface area contributed by atoms with Crippen LogP contribution in [-0.2, 0) is 0 Å². The van der Waals surface area contributed by atoms with E-state index in [1.54, 1.807) is 0 Å². The van der Waals surface area contributed by atoms with Crippen molar-refractivity contribution >= 4 is 0 Å². The van der Waals surface area contributed by atoms with Crippen molar-refractivity contribution in [1.82, 2.24) is 10.2 Å². The molecule has 0 aliphatic carbocycles. The molecule has 1 aromatic rings. The second-order valence-electron chi connectivity index (χ2n) is 6.56. The highest BCUT2D eigenvalue weighted by atomic mass is 15.1. The predicted molar refractivity (Wildman–Crippen MR) is 84.4 cm³/mol. The molecule has 2 heteroatoms. The van der Waals surface area contributed by atoms with Gasteiger partial charge in [-0.15, -0.1) is 0 Å². The molecule has 0 aliphatic rings. The SMILES string of the molecule is CNC(CCN(C)C(C)C(C)(C)C)c1ccccc1. The third kappa shape index (κ3) is 4.96. The first-order valence-electron chi connectivity index (χ1n) is 7.28. The monoisotopic (exact) mass is 262 g/mol. The molecule has 0 bridgehead atoms. The van der Waals surface area contributed by atoms with Gasteiger partial charge in [0.1, 0.15) is 0 Å². The molecular formula is C17H30N2. The van der Waals surface area contributed by atoms with Gasteiger partial charge in [-0.25, -0.2) is 0 Å². The zero-order valence-electron chi connectivity index (χ0n) is 13.4. The van der Waals surface area contributed by atoms with Crippen LogP contribution in [0.2, 0.25) is 0 Å². The van der Waals surface area contributed by atoms with E-state index in [9.17, 15) is 0 Å². The molecule has 0 saturated carbocycles. The standard InChI is InChI=1S/C17H30N2/c1-14(17(2,3)4)19(6)13-12-16(18-5)15-10-8-7-9-11-15/h7-11,14,16,18H,12-13H2,1-6H3. The van der Waals surface area contributed by atoms with Crippen molar-refractivity contribution in [3.05, 3.63) is 35.9 Å². The van der Waals surface area contributed by atoms with E-state index in [2.05, 4.69) is 75.3 Å². The molecule has 108 valence electrons. The van der Waals surface area contributed by atoms with Gasteiger partial charge in [0.25, 0.3) is 0 Å². The molecule has 0 saturated heterocycles. The first-order valence-corrected chi connectivity index (χ1v) is 7.28. The second kappa shape index (κ2) is 7.06. The summed E-state index contributed by atoms with van der Waals surface area (Å²) >= 11 is 0. The van der Waals surface area contributed by atoms with Gasteiger partial charge in [-0.3, -0.25) is 0 Å². The Kier molecular flexibility index (Phi) is 6.02. The Labute approximate surface area is 119 Å². The van der Waals surface area contributed by atoms with Gasteiger partial charge in [-0.05, 0) is 45.0 Å². The Morgan fingerprint density at radius 2 is 1.74 bits per heavy atom. The minimum Gasteiger partial charge on any atom is -0.313 e. The van der Waals surface area contributed by atoms with E-state index in [-0.39, 0.29) is 0 Å². The van der Waals surface area contributed by atoms with Crippen molar-refractivity contribution in [3.63, 3.8) is 0 Å². The van der Waals surface area contributed by atoms with E-state index in [0.29, 0.717) is 17.5 Å². The summed E-state index contributed by atoms with van der Waals surface area (Å²) in [5.41, 5.74) is 1.71. The number of nitrogens with zero attached hydrogens (tertiary/aromatic N) is 1. The van der Waals surface area contributed by atoms with E-state index in [1.165, 1.54) is 5.56 Å². The van der Waals surface area contributed by atoms with Crippen molar-refractivity contribution in [2.24, 2.45) is 5.41 Å². The molecule has 2 unspecified atom stereocenters. The minimum atomic E-state index is 0.330. The number of nitrogens with one attached hydrogen (secondary N) is 1. The summed E-state index contributed by atoms with van der Waals surface area (Å²) in [5, 5.41) is 3.42. The van der Waals surface area contributed by atoms with Gasteiger partial charge in [0.15, 0.2) is 0 Å². The van der Waals surface area contributed by atoms with E-state index in [4.69, 9.17) is 0 Å². The maximum absolute atomic E-state index is 3.42. The normalized spacial score (nSPS) is 15.5. The maximum Gasteiger partial charge on any atom is 0.0329 e. The number of hydrogen-bond acceptors (Lipinski definition) is 2. The maximum atomic E-state index is 3.42. The largest absolute Gasteiger partial charge is 0.313 e. The van der Waals surface area contributed by atoms with Gasteiger partial charge in [0.05, 0.1) is 0 Å². The Hall–Kier alpha value is -0.860. The van der Waals surface area contributed by atoms with Crippen LogP contribution in [-0.4, -0.2) is 31.6 Å². The Morgan fingerprint density at radius 3 is 2.21 bits per heavy atom. The van der Waals surface area contributed by atoms with Crippen LogP contribution < -0.4 is 5.32 Å². The lowest BCUT2D eigenvalue weighted by molar-refractivity contribution is 0.136. The van der Waals surface area contributed by atoms with Crippen molar-refractivity contribution in [1.29, 1.82) is 0 Å². The van der Waals surface area contributed by atoms with E-state index >= 15 is 0 Å². The van der Waals surface area contributed by atoms with Crippen molar-refractivity contribution in [3.8, 4) is 0 Å². The summed E-state index contributed by atoms with van der Waals surface area (Å²) in [6.45, 7) is 10.3. The first-order chi connectivity index (χ1) is 8.86. The summed E-state index contributed by atoms with van der Waals surface area (Å²) in [6, 6.07) is 11.7. The molecule has 2 nitrogen and oxygen atoms in total. The quantitative estimate of drug-likeness (QED) is 0.841. The Morgan fingerprint density at radius 1 is 1.16 bits per heavy atom. The average Bonchev–Trinajstić information content (AvgIpc) is 2.38. The van der Waals surface area contributed by atoms with Crippen molar-refractivity contribution in [2.75, 3.05) is 20.6 Å². The zero-order chi connectivity index (χ0) is 14.5. The lowest BCUT2D eigenvalue weighted by atomic mass is 9.87. The van der Waals surface area contributed by atoms with Gasteiger partial charge in [0, 0.05) is 12.1 Å². The molecule has 0 heterocycles. The summed E-state index contributed by atoms with van der Waals surface area (Å²) < 4.78 is 0. The molecule has 0 spiro atoms. The summed E-state index contributed by atoms with van der Waals surface area (Å²) in [7, 11) is 4.28. The molecule has 0 amide bonds. The molecule has 2 atom stereocenters. The second-order valence-corrected chi connectivity index (χ2v) is 6.56. The molecule has 0 radical (unpaired) electrons. The number of rotatable bonds is 6. The Bertz CT molecular complexity index is 353. The van der Waals surface area contributed by atoms with Crippen LogP contribution >= 0.6 is 0 Å². The summed E-state index contributed by atoms with van der Waals surface area (Å²) in [4.78, 5) is 2.47. The van der Waals surface area contributed by atoms with E-state index in [1.807, 2.05) is 7.05 Å². The number of hydrogen-bond donors (Lipinski definition) is 1. The highest BCUT2D eigenvalue weighted by Crippen LogP contribution is 2.24. The van der Waals surface area contributed by atoms with Gasteiger partial charge >= 0.3 is 0 Å². The molecule has 0 fully saturated rings. The molecule has 1 N–H and O–H groups in total.